The molecule has 108 valence electrons. The van der Waals surface area contributed by atoms with E-state index in [4.69, 9.17) is 10.00 Å². The lowest BCUT2D eigenvalue weighted by Crippen LogP contribution is -2.13. The van der Waals surface area contributed by atoms with Gasteiger partial charge >= 0.3 is 0 Å². The highest BCUT2D eigenvalue weighted by Gasteiger charge is 2.14. The van der Waals surface area contributed by atoms with Gasteiger partial charge in [0.25, 0.3) is 0 Å². The molecule has 2 rings (SSSR count). The van der Waals surface area contributed by atoms with Crippen molar-refractivity contribution in [2.75, 3.05) is 7.05 Å². The summed E-state index contributed by atoms with van der Waals surface area (Å²) in [4.78, 5) is 0. The summed E-state index contributed by atoms with van der Waals surface area (Å²) in [6, 6.07) is 12.0. The Labute approximate surface area is 124 Å². The number of hydrogen-bond donors (Lipinski definition) is 1. The Morgan fingerprint density at radius 1 is 1.24 bits per heavy atom. The van der Waals surface area contributed by atoms with Crippen LogP contribution in [0.1, 0.15) is 29.7 Å². The molecule has 4 heteroatoms. The van der Waals surface area contributed by atoms with Crippen molar-refractivity contribution in [1.82, 2.24) is 5.32 Å². The highest BCUT2D eigenvalue weighted by atomic mass is 19.1. The van der Waals surface area contributed by atoms with Crippen molar-refractivity contribution in [1.29, 1.82) is 5.26 Å². The third-order valence-electron chi connectivity index (χ3n) is 3.40. The van der Waals surface area contributed by atoms with Gasteiger partial charge < -0.3 is 10.1 Å². The maximum Gasteiger partial charge on any atom is 0.132 e. The van der Waals surface area contributed by atoms with Crippen LogP contribution in [0, 0.1) is 24.1 Å². The Balaban J connectivity index is 2.37. The van der Waals surface area contributed by atoms with Gasteiger partial charge in [-0.2, -0.15) is 5.26 Å². The molecule has 0 radical (unpaired) electrons. The van der Waals surface area contributed by atoms with Crippen molar-refractivity contribution >= 4 is 0 Å². The fourth-order valence-electron chi connectivity index (χ4n) is 1.98. The zero-order valence-electron chi connectivity index (χ0n) is 12.3. The van der Waals surface area contributed by atoms with E-state index in [0.29, 0.717) is 22.6 Å². The van der Waals surface area contributed by atoms with E-state index < -0.39 is 0 Å². The molecule has 2 aromatic carbocycles. The van der Waals surface area contributed by atoms with Gasteiger partial charge in [-0.1, -0.05) is 0 Å². The summed E-state index contributed by atoms with van der Waals surface area (Å²) in [5.74, 6) is 0.976. The topological polar surface area (TPSA) is 45.0 Å². The number of halogens is 1. The molecule has 0 spiro atoms. The molecule has 0 aliphatic rings. The third kappa shape index (κ3) is 3.39. The second-order valence-electron chi connectivity index (χ2n) is 4.89. The molecule has 1 unspecified atom stereocenters. The van der Waals surface area contributed by atoms with E-state index in [1.165, 1.54) is 6.07 Å². The molecule has 0 fully saturated rings. The van der Waals surface area contributed by atoms with Gasteiger partial charge in [-0.3, -0.25) is 0 Å². The molecule has 0 aromatic heterocycles. The fourth-order valence-corrected chi connectivity index (χ4v) is 1.98. The Morgan fingerprint density at radius 2 is 1.90 bits per heavy atom. The van der Waals surface area contributed by atoms with E-state index in [0.717, 1.165) is 5.56 Å². The third-order valence-corrected chi connectivity index (χ3v) is 3.40. The molecule has 0 saturated heterocycles. The molecule has 1 N–H and O–H groups in total. The van der Waals surface area contributed by atoms with E-state index >= 15 is 0 Å². The van der Waals surface area contributed by atoms with Crippen LogP contribution in [-0.2, 0) is 0 Å². The van der Waals surface area contributed by atoms with Crippen molar-refractivity contribution in [3.63, 3.8) is 0 Å². The molecule has 0 saturated carbocycles. The molecule has 0 aliphatic heterocycles. The number of nitrogens with zero attached hydrogens (tertiary/aromatic N) is 1. The summed E-state index contributed by atoms with van der Waals surface area (Å²) in [5, 5.41) is 11.9. The average molecular weight is 284 g/mol. The smallest absolute Gasteiger partial charge is 0.132 e. The van der Waals surface area contributed by atoms with Crippen molar-refractivity contribution in [3.05, 3.63) is 58.9 Å². The predicted octanol–water partition coefficient (Wildman–Crippen LogP) is 4.08. The van der Waals surface area contributed by atoms with Crippen molar-refractivity contribution in [2.24, 2.45) is 0 Å². The SMILES string of the molecule is CNC(C)c1cc(F)c(C)cc1Oc1ccc(C#N)cc1. The molecule has 2 aromatic rings. The molecule has 3 nitrogen and oxygen atoms in total. The zero-order valence-corrected chi connectivity index (χ0v) is 12.3. The van der Waals surface area contributed by atoms with E-state index in [-0.39, 0.29) is 11.9 Å². The Kier molecular flexibility index (Phi) is 4.56. The van der Waals surface area contributed by atoms with Crippen molar-refractivity contribution in [3.8, 4) is 17.6 Å². The van der Waals surface area contributed by atoms with Gasteiger partial charge in [0.15, 0.2) is 0 Å². The van der Waals surface area contributed by atoms with Gasteiger partial charge in [0.2, 0.25) is 0 Å². The number of nitriles is 1. The normalized spacial score (nSPS) is 11.8. The summed E-state index contributed by atoms with van der Waals surface area (Å²) < 4.78 is 19.6. The number of nitrogens with one attached hydrogen (secondary N) is 1. The fraction of sp³-hybridized carbons (Fsp3) is 0.235. The van der Waals surface area contributed by atoms with Crippen LogP contribution < -0.4 is 10.1 Å². The molecule has 0 heterocycles. The van der Waals surface area contributed by atoms with Crippen LogP contribution in [0.3, 0.4) is 0 Å². The van der Waals surface area contributed by atoms with Crippen LogP contribution in [0.5, 0.6) is 11.5 Å². The predicted molar refractivity (Wildman–Crippen MR) is 79.8 cm³/mol. The first-order valence-corrected chi connectivity index (χ1v) is 6.70. The standard InChI is InChI=1S/C17H17FN2O/c1-11-8-17(15(9-16(11)18)12(2)20-3)21-14-6-4-13(10-19)5-7-14/h4-9,12,20H,1-3H3. The molecular formula is C17H17FN2O. The monoisotopic (exact) mass is 284 g/mol. The highest BCUT2D eigenvalue weighted by Crippen LogP contribution is 2.32. The summed E-state index contributed by atoms with van der Waals surface area (Å²) in [7, 11) is 1.81. The van der Waals surface area contributed by atoms with E-state index in [2.05, 4.69) is 11.4 Å². The maximum atomic E-state index is 13.8. The van der Waals surface area contributed by atoms with Gasteiger partial charge in [-0.15, -0.1) is 0 Å². The molecule has 0 aliphatic carbocycles. The minimum Gasteiger partial charge on any atom is -0.457 e. The Bertz CT molecular complexity index is 674. The van der Waals surface area contributed by atoms with Crippen LogP contribution >= 0.6 is 0 Å². The molecule has 21 heavy (non-hydrogen) atoms. The second kappa shape index (κ2) is 6.38. The van der Waals surface area contributed by atoms with Gasteiger partial charge in [0, 0.05) is 11.6 Å². The van der Waals surface area contributed by atoms with E-state index in [1.54, 1.807) is 37.3 Å². The number of hydrogen-bond acceptors (Lipinski definition) is 3. The zero-order chi connectivity index (χ0) is 15.4. The first kappa shape index (κ1) is 15.0. The number of aryl methyl sites for hydroxylation is 1. The van der Waals surface area contributed by atoms with Crippen LogP contribution in [0.4, 0.5) is 4.39 Å². The molecule has 0 amide bonds. The summed E-state index contributed by atoms with van der Waals surface area (Å²) in [6.45, 7) is 3.64. The number of rotatable bonds is 4. The highest BCUT2D eigenvalue weighted by molar-refractivity contribution is 5.44. The Hall–Kier alpha value is -2.38. The van der Waals surface area contributed by atoms with Crippen molar-refractivity contribution in [2.45, 2.75) is 19.9 Å². The number of ether oxygens (including phenoxy) is 1. The summed E-state index contributed by atoms with van der Waals surface area (Å²) >= 11 is 0. The van der Waals surface area contributed by atoms with Crippen LogP contribution in [0.2, 0.25) is 0 Å². The van der Waals surface area contributed by atoms with Crippen LogP contribution in [0.15, 0.2) is 36.4 Å². The average Bonchev–Trinajstić information content (AvgIpc) is 2.50. The minimum absolute atomic E-state index is 0.0338. The first-order valence-electron chi connectivity index (χ1n) is 6.70. The van der Waals surface area contributed by atoms with Gasteiger partial charge in [0.1, 0.15) is 17.3 Å². The molecule has 0 bridgehead atoms. The van der Waals surface area contributed by atoms with Gasteiger partial charge in [0.05, 0.1) is 11.6 Å². The molecular weight excluding hydrogens is 267 g/mol. The Morgan fingerprint density at radius 3 is 2.48 bits per heavy atom. The largest absolute Gasteiger partial charge is 0.457 e. The lowest BCUT2D eigenvalue weighted by Gasteiger charge is -2.17. The van der Waals surface area contributed by atoms with Gasteiger partial charge in [-0.05, 0) is 62.9 Å². The van der Waals surface area contributed by atoms with E-state index in [9.17, 15) is 4.39 Å². The molecule has 1 atom stereocenters. The first-order chi connectivity index (χ1) is 10.0. The summed E-state index contributed by atoms with van der Waals surface area (Å²) in [6.07, 6.45) is 0. The quantitative estimate of drug-likeness (QED) is 0.920. The second-order valence-corrected chi connectivity index (χ2v) is 4.89. The maximum absolute atomic E-state index is 13.8. The summed E-state index contributed by atoms with van der Waals surface area (Å²) in [5.41, 5.74) is 1.86. The lowest BCUT2D eigenvalue weighted by molar-refractivity contribution is 0.462. The van der Waals surface area contributed by atoms with Gasteiger partial charge in [-0.25, -0.2) is 4.39 Å². The van der Waals surface area contributed by atoms with Crippen LogP contribution in [0.25, 0.3) is 0 Å². The lowest BCUT2D eigenvalue weighted by atomic mass is 10.0. The van der Waals surface area contributed by atoms with Crippen molar-refractivity contribution < 1.29 is 9.13 Å². The number of benzene rings is 2. The van der Waals surface area contributed by atoms with Crippen LogP contribution in [-0.4, -0.2) is 7.05 Å². The van der Waals surface area contributed by atoms with E-state index in [1.807, 2.05) is 14.0 Å². The minimum atomic E-state index is -0.251.